The van der Waals surface area contributed by atoms with Gasteiger partial charge in [0.2, 0.25) is 0 Å². The van der Waals surface area contributed by atoms with Gasteiger partial charge in [0.05, 0.1) is 6.54 Å². The minimum absolute atomic E-state index is 0.232. The highest BCUT2D eigenvalue weighted by Gasteiger charge is 2.27. The van der Waals surface area contributed by atoms with Gasteiger partial charge >= 0.3 is 0 Å². The smallest absolute Gasteiger partial charge is 0.157 e. The number of nitrogens with zero attached hydrogens (tertiary/aromatic N) is 1. The van der Waals surface area contributed by atoms with Crippen LogP contribution in [0.5, 0.6) is 0 Å². The lowest BCUT2D eigenvalue weighted by Gasteiger charge is -2.35. The first kappa shape index (κ1) is 13.5. The van der Waals surface area contributed by atoms with E-state index in [1.54, 1.807) is 0 Å². The predicted octanol–water partition coefficient (Wildman–Crippen LogP) is 3.75. The molecule has 18 heavy (non-hydrogen) atoms. The van der Waals surface area contributed by atoms with E-state index in [0.717, 1.165) is 18.1 Å². The SMILES string of the molecule is CCC1(C)CCSC(=NCc2ccccc2C)N1. The molecule has 1 saturated heterocycles. The van der Waals surface area contributed by atoms with Crippen molar-refractivity contribution in [2.45, 2.75) is 45.7 Å². The van der Waals surface area contributed by atoms with Crippen molar-refractivity contribution in [1.29, 1.82) is 0 Å². The summed E-state index contributed by atoms with van der Waals surface area (Å²) in [6.07, 6.45) is 2.37. The summed E-state index contributed by atoms with van der Waals surface area (Å²) in [6, 6.07) is 8.47. The van der Waals surface area contributed by atoms with E-state index in [4.69, 9.17) is 4.99 Å². The van der Waals surface area contributed by atoms with Crippen molar-refractivity contribution in [3.63, 3.8) is 0 Å². The van der Waals surface area contributed by atoms with Gasteiger partial charge in [-0.2, -0.15) is 0 Å². The number of benzene rings is 1. The summed E-state index contributed by atoms with van der Waals surface area (Å²) in [5.41, 5.74) is 2.87. The van der Waals surface area contributed by atoms with E-state index in [1.807, 2.05) is 11.8 Å². The van der Waals surface area contributed by atoms with Gasteiger partial charge in [0.15, 0.2) is 5.17 Å². The molecule has 0 spiro atoms. The largest absolute Gasteiger partial charge is 0.360 e. The molecule has 2 rings (SSSR count). The van der Waals surface area contributed by atoms with Gasteiger partial charge in [-0.1, -0.05) is 43.0 Å². The molecule has 0 radical (unpaired) electrons. The Morgan fingerprint density at radius 1 is 1.39 bits per heavy atom. The fourth-order valence-corrected chi connectivity index (χ4v) is 3.24. The quantitative estimate of drug-likeness (QED) is 0.897. The molecule has 0 aromatic heterocycles. The van der Waals surface area contributed by atoms with Crippen molar-refractivity contribution in [2.24, 2.45) is 4.99 Å². The minimum Gasteiger partial charge on any atom is -0.360 e. The van der Waals surface area contributed by atoms with Crippen LogP contribution in [0.4, 0.5) is 0 Å². The first-order valence-electron chi connectivity index (χ1n) is 6.63. The highest BCUT2D eigenvalue weighted by molar-refractivity contribution is 8.13. The Morgan fingerprint density at radius 3 is 2.89 bits per heavy atom. The molecule has 2 nitrogen and oxygen atoms in total. The molecule has 0 amide bonds. The van der Waals surface area contributed by atoms with Gasteiger partial charge in [-0.3, -0.25) is 4.99 Å². The van der Waals surface area contributed by atoms with Crippen LogP contribution in [0.3, 0.4) is 0 Å². The van der Waals surface area contributed by atoms with Crippen molar-refractivity contribution in [3.8, 4) is 0 Å². The molecule has 1 atom stereocenters. The van der Waals surface area contributed by atoms with E-state index < -0.39 is 0 Å². The number of hydrogen-bond acceptors (Lipinski definition) is 2. The molecule has 3 heteroatoms. The third-order valence-electron chi connectivity index (χ3n) is 3.74. The molecule has 1 fully saturated rings. The highest BCUT2D eigenvalue weighted by Crippen LogP contribution is 2.25. The Labute approximate surface area is 114 Å². The summed E-state index contributed by atoms with van der Waals surface area (Å²) in [5, 5.41) is 4.69. The van der Waals surface area contributed by atoms with Crippen molar-refractivity contribution in [2.75, 3.05) is 5.75 Å². The summed E-state index contributed by atoms with van der Waals surface area (Å²) < 4.78 is 0. The molecule has 0 saturated carbocycles. The summed E-state index contributed by atoms with van der Waals surface area (Å²) in [4.78, 5) is 4.73. The third-order valence-corrected chi connectivity index (χ3v) is 4.65. The van der Waals surface area contributed by atoms with Crippen molar-refractivity contribution >= 4 is 16.9 Å². The zero-order valence-electron chi connectivity index (χ0n) is 11.5. The van der Waals surface area contributed by atoms with E-state index in [2.05, 4.69) is 50.4 Å². The zero-order chi connectivity index (χ0) is 13.0. The van der Waals surface area contributed by atoms with Crippen LogP contribution in [0.2, 0.25) is 0 Å². The van der Waals surface area contributed by atoms with E-state index in [-0.39, 0.29) is 5.54 Å². The van der Waals surface area contributed by atoms with Gasteiger partial charge in [-0.15, -0.1) is 0 Å². The van der Waals surface area contributed by atoms with Crippen LogP contribution in [0.1, 0.15) is 37.8 Å². The Balaban J connectivity index is 2.04. The second kappa shape index (κ2) is 5.79. The average Bonchev–Trinajstić information content (AvgIpc) is 2.38. The van der Waals surface area contributed by atoms with Crippen LogP contribution in [-0.2, 0) is 6.54 Å². The Kier molecular flexibility index (Phi) is 4.33. The van der Waals surface area contributed by atoms with Crippen LogP contribution in [0.15, 0.2) is 29.3 Å². The molecule has 1 aliphatic rings. The van der Waals surface area contributed by atoms with E-state index in [0.29, 0.717) is 0 Å². The topological polar surface area (TPSA) is 24.4 Å². The van der Waals surface area contributed by atoms with Gasteiger partial charge in [-0.25, -0.2) is 0 Å². The highest BCUT2D eigenvalue weighted by atomic mass is 32.2. The monoisotopic (exact) mass is 262 g/mol. The number of aryl methyl sites for hydroxylation is 1. The maximum atomic E-state index is 4.73. The molecule has 0 bridgehead atoms. The lowest BCUT2D eigenvalue weighted by atomic mass is 9.96. The molecular weight excluding hydrogens is 240 g/mol. The summed E-state index contributed by atoms with van der Waals surface area (Å²) >= 11 is 1.84. The van der Waals surface area contributed by atoms with E-state index in [1.165, 1.54) is 23.3 Å². The molecule has 98 valence electrons. The predicted molar refractivity (Wildman–Crippen MR) is 81.2 cm³/mol. The summed E-state index contributed by atoms with van der Waals surface area (Å²) in [5.74, 6) is 1.17. The molecule has 1 heterocycles. The van der Waals surface area contributed by atoms with Gasteiger partial charge in [0.1, 0.15) is 0 Å². The van der Waals surface area contributed by atoms with Crippen molar-refractivity contribution in [3.05, 3.63) is 35.4 Å². The van der Waals surface area contributed by atoms with E-state index >= 15 is 0 Å². The zero-order valence-corrected chi connectivity index (χ0v) is 12.3. The lowest BCUT2D eigenvalue weighted by Crippen LogP contribution is -2.48. The molecule has 1 aliphatic heterocycles. The fraction of sp³-hybridized carbons (Fsp3) is 0.533. The molecule has 0 aliphatic carbocycles. The molecule has 1 unspecified atom stereocenters. The first-order valence-corrected chi connectivity index (χ1v) is 7.61. The van der Waals surface area contributed by atoms with Crippen LogP contribution in [-0.4, -0.2) is 16.5 Å². The third kappa shape index (κ3) is 3.29. The van der Waals surface area contributed by atoms with Gasteiger partial charge in [0.25, 0.3) is 0 Å². The number of thioether (sulfide) groups is 1. The van der Waals surface area contributed by atoms with Crippen LogP contribution in [0.25, 0.3) is 0 Å². The van der Waals surface area contributed by atoms with Crippen LogP contribution in [0, 0.1) is 6.92 Å². The van der Waals surface area contributed by atoms with Gasteiger partial charge < -0.3 is 5.32 Å². The lowest BCUT2D eigenvalue weighted by molar-refractivity contribution is 0.390. The maximum absolute atomic E-state index is 4.73. The van der Waals surface area contributed by atoms with Crippen LogP contribution >= 0.6 is 11.8 Å². The van der Waals surface area contributed by atoms with Crippen molar-refractivity contribution in [1.82, 2.24) is 5.32 Å². The maximum Gasteiger partial charge on any atom is 0.157 e. The van der Waals surface area contributed by atoms with E-state index in [9.17, 15) is 0 Å². The summed E-state index contributed by atoms with van der Waals surface area (Å²) in [6.45, 7) is 7.45. The molecule has 1 aromatic rings. The number of nitrogens with one attached hydrogen (secondary N) is 1. The standard InChI is InChI=1S/C15H22N2S/c1-4-15(3)9-10-18-14(17-15)16-11-13-8-6-5-7-12(13)2/h5-8H,4,9-11H2,1-3H3,(H,16,17). The fourth-order valence-electron chi connectivity index (χ4n) is 2.02. The second-order valence-electron chi connectivity index (χ2n) is 5.19. The van der Waals surface area contributed by atoms with Crippen molar-refractivity contribution < 1.29 is 0 Å². The Morgan fingerprint density at radius 2 is 2.17 bits per heavy atom. The first-order chi connectivity index (χ1) is 8.63. The average molecular weight is 262 g/mol. The molecule has 1 N–H and O–H groups in total. The number of hydrogen-bond donors (Lipinski definition) is 1. The summed E-state index contributed by atoms with van der Waals surface area (Å²) in [7, 11) is 0. The van der Waals surface area contributed by atoms with Crippen LogP contribution < -0.4 is 5.32 Å². The molecule has 1 aromatic carbocycles. The second-order valence-corrected chi connectivity index (χ2v) is 6.27. The Hall–Kier alpha value is -0.960. The number of aliphatic imine (C=N–C) groups is 1. The van der Waals surface area contributed by atoms with Gasteiger partial charge in [0, 0.05) is 11.3 Å². The normalized spacial score (nSPS) is 26.1. The number of amidine groups is 1. The minimum atomic E-state index is 0.232. The van der Waals surface area contributed by atoms with Gasteiger partial charge in [-0.05, 0) is 37.8 Å². The molecular formula is C15H22N2S. The Bertz CT molecular complexity index is 442. The number of rotatable bonds is 3.